The molecule has 0 unspecified atom stereocenters. The van der Waals surface area contributed by atoms with Gasteiger partial charge in [0.25, 0.3) is 0 Å². The minimum atomic E-state index is -0.0550. The first-order chi connectivity index (χ1) is 11.7. The number of hydrogen-bond donors (Lipinski definition) is 0. The number of aryl methyl sites for hydroxylation is 1. The molecule has 0 radical (unpaired) electrons. The van der Waals surface area contributed by atoms with Crippen LogP contribution in [0.15, 0.2) is 43.4 Å². The topological polar surface area (TPSA) is 81.7 Å². The molecule has 3 aromatic heterocycles. The van der Waals surface area contributed by atoms with E-state index in [0.29, 0.717) is 25.2 Å². The summed E-state index contributed by atoms with van der Waals surface area (Å²) in [6.07, 6.45) is 8.41. The van der Waals surface area contributed by atoms with E-state index in [2.05, 4.69) is 20.2 Å². The molecular weight excluding hydrogens is 330 g/mol. The van der Waals surface area contributed by atoms with Crippen LogP contribution in [-0.2, 0) is 11.3 Å². The second kappa shape index (κ2) is 7.22. The van der Waals surface area contributed by atoms with Gasteiger partial charge in [0.2, 0.25) is 5.91 Å². The van der Waals surface area contributed by atoms with Crippen LogP contribution in [0.25, 0.3) is 5.69 Å². The molecule has 0 spiro atoms. The number of hydrogen-bond acceptors (Lipinski definition) is 5. The van der Waals surface area contributed by atoms with Crippen molar-refractivity contribution in [3.05, 3.63) is 48.5 Å². The summed E-state index contributed by atoms with van der Waals surface area (Å²) in [5.41, 5.74) is 1.35. The molecule has 0 aliphatic rings. The molecule has 0 aromatic carbocycles. The van der Waals surface area contributed by atoms with Crippen LogP contribution in [0.1, 0.15) is 13.3 Å². The van der Waals surface area contributed by atoms with Crippen molar-refractivity contribution < 1.29 is 4.79 Å². The Morgan fingerprint density at radius 1 is 1.38 bits per heavy atom. The van der Waals surface area contributed by atoms with Gasteiger partial charge >= 0.3 is 0 Å². The quantitative estimate of drug-likeness (QED) is 0.682. The minimum Gasteiger partial charge on any atom is -0.308 e. The summed E-state index contributed by atoms with van der Waals surface area (Å²) in [6.45, 7) is 2.85. The summed E-state index contributed by atoms with van der Waals surface area (Å²) < 4.78 is 3.23. The van der Waals surface area contributed by atoms with Gasteiger partial charge in [-0.1, -0.05) is 11.6 Å². The Bertz CT molecular complexity index is 801. The highest BCUT2D eigenvalue weighted by atomic mass is 35.5. The van der Waals surface area contributed by atoms with Crippen LogP contribution in [0, 0.1) is 0 Å². The van der Waals surface area contributed by atoms with Gasteiger partial charge in [0, 0.05) is 19.2 Å². The molecule has 8 nitrogen and oxygen atoms in total. The molecule has 0 aliphatic heterocycles. The zero-order valence-corrected chi connectivity index (χ0v) is 13.8. The molecule has 3 rings (SSSR count). The molecule has 0 saturated carbocycles. The average Bonchev–Trinajstić information content (AvgIpc) is 3.25. The Morgan fingerprint density at radius 2 is 2.25 bits per heavy atom. The Morgan fingerprint density at radius 3 is 2.92 bits per heavy atom. The molecule has 0 aliphatic carbocycles. The fourth-order valence-electron chi connectivity index (χ4n) is 2.32. The van der Waals surface area contributed by atoms with Gasteiger partial charge in [-0.05, 0) is 19.1 Å². The van der Waals surface area contributed by atoms with Crippen LogP contribution in [-0.4, -0.2) is 42.0 Å². The Balaban J connectivity index is 1.77. The first-order valence-electron chi connectivity index (χ1n) is 7.47. The van der Waals surface area contributed by atoms with E-state index >= 15 is 0 Å². The maximum absolute atomic E-state index is 12.5. The van der Waals surface area contributed by atoms with Gasteiger partial charge < -0.3 is 4.90 Å². The van der Waals surface area contributed by atoms with Gasteiger partial charge in [-0.3, -0.25) is 14.5 Å². The number of pyridine rings is 1. The van der Waals surface area contributed by atoms with Crippen LogP contribution in [0.2, 0.25) is 5.15 Å². The lowest BCUT2D eigenvalue weighted by molar-refractivity contribution is -0.118. The van der Waals surface area contributed by atoms with Crippen LogP contribution >= 0.6 is 11.6 Å². The Labute approximate surface area is 143 Å². The molecule has 3 heterocycles. The normalized spacial score (nSPS) is 10.8. The van der Waals surface area contributed by atoms with E-state index < -0.39 is 0 Å². The minimum absolute atomic E-state index is 0.0550. The van der Waals surface area contributed by atoms with E-state index in [0.717, 1.165) is 5.69 Å². The van der Waals surface area contributed by atoms with Gasteiger partial charge in [-0.15, -0.1) is 0 Å². The first kappa shape index (κ1) is 16.1. The molecule has 3 aromatic rings. The van der Waals surface area contributed by atoms with Crippen molar-refractivity contribution in [3.63, 3.8) is 0 Å². The van der Waals surface area contributed by atoms with E-state index in [9.17, 15) is 4.79 Å². The molecule has 9 heteroatoms. The van der Waals surface area contributed by atoms with Crippen molar-refractivity contribution in [2.75, 3.05) is 11.4 Å². The van der Waals surface area contributed by atoms with Gasteiger partial charge in [-0.2, -0.15) is 10.2 Å². The summed E-state index contributed by atoms with van der Waals surface area (Å²) in [5, 5.41) is 8.53. The highest BCUT2D eigenvalue weighted by Crippen LogP contribution is 2.26. The number of carbonyl (C=O) groups excluding carboxylic acids is 1. The average molecular weight is 346 g/mol. The zero-order chi connectivity index (χ0) is 16.9. The van der Waals surface area contributed by atoms with Crippen molar-refractivity contribution in [1.29, 1.82) is 0 Å². The summed E-state index contributed by atoms with van der Waals surface area (Å²) in [7, 11) is 0. The van der Waals surface area contributed by atoms with Crippen LogP contribution in [0.3, 0.4) is 0 Å². The molecular formula is C15H16ClN7O. The first-order valence-corrected chi connectivity index (χ1v) is 7.85. The summed E-state index contributed by atoms with van der Waals surface area (Å²) >= 11 is 6.24. The predicted octanol–water partition coefficient (Wildman–Crippen LogP) is 1.96. The van der Waals surface area contributed by atoms with Crippen molar-refractivity contribution in [3.8, 4) is 5.69 Å². The maximum atomic E-state index is 12.5. The monoisotopic (exact) mass is 345 g/mol. The Hall–Kier alpha value is -2.74. The molecule has 24 heavy (non-hydrogen) atoms. The van der Waals surface area contributed by atoms with Crippen molar-refractivity contribution in [1.82, 2.24) is 29.5 Å². The number of halogens is 1. The van der Waals surface area contributed by atoms with E-state index in [1.54, 1.807) is 39.2 Å². The van der Waals surface area contributed by atoms with Crippen molar-refractivity contribution in [2.45, 2.75) is 19.9 Å². The molecule has 0 fully saturated rings. The highest BCUT2D eigenvalue weighted by molar-refractivity contribution is 6.32. The Kier molecular flexibility index (Phi) is 4.85. The van der Waals surface area contributed by atoms with Crippen LogP contribution < -0.4 is 4.90 Å². The lowest BCUT2D eigenvalue weighted by Gasteiger charge is -2.19. The molecule has 0 bridgehead atoms. The number of anilines is 1. The molecule has 0 atom stereocenters. The van der Waals surface area contributed by atoms with Crippen LogP contribution in [0.4, 0.5) is 5.69 Å². The van der Waals surface area contributed by atoms with E-state index in [-0.39, 0.29) is 11.1 Å². The fourth-order valence-corrected chi connectivity index (χ4v) is 2.55. The zero-order valence-electron chi connectivity index (χ0n) is 13.1. The second-order valence-electron chi connectivity index (χ2n) is 5.01. The van der Waals surface area contributed by atoms with E-state index in [1.807, 2.05) is 19.1 Å². The third-order valence-electron chi connectivity index (χ3n) is 3.49. The van der Waals surface area contributed by atoms with Gasteiger partial charge in [0.05, 0.1) is 24.6 Å². The largest absolute Gasteiger partial charge is 0.308 e. The smallest absolute Gasteiger partial charge is 0.228 e. The molecule has 124 valence electrons. The highest BCUT2D eigenvalue weighted by Gasteiger charge is 2.20. The van der Waals surface area contributed by atoms with Gasteiger partial charge in [0.15, 0.2) is 5.15 Å². The lowest BCUT2D eigenvalue weighted by Crippen LogP contribution is -2.31. The van der Waals surface area contributed by atoms with Gasteiger partial charge in [0.1, 0.15) is 18.3 Å². The number of aromatic nitrogens is 6. The molecule has 0 N–H and O–H groups in total. The predicted molar refractivity (Wildman–Crippen MR) is 89.0 cm³/mol. The van der Waals surface area contributed by atoms with E-state index in [4.69, 9.17) is 11.6 Å². The number of amides is 1. The van der Waals surface area contributed by atoms with Crippen molar-refractivity contribution >= 4 is 23.2 Å². The maximum Gasteiger partial charge on any atom is 0.228 e. The second-order valence-corrected chi connectivity index (χ2v) is 5.37. The number of carbonyl (C=O) groups is 1. The van der Waals surface area contributed by atoms with Crippen LogP contribution in [0.5, 0.6) is 0 Å². The van der Waals surface area contributed by atoms with Crippen molar-refractivity contribution in [2.24, 2.45) is 0 Å². The van der Waals surface area contributed by atoms with E-state index in [1.165, 1.54) is 6.33 Å². The summed E-state index contributed by atoms with van der Waals surface area (Å²) in [5.74, 6) is -0.0550. The lowest BCUT2D eigenvalue weighted by atomic mass is 10.3. The summed E-state index contributed by atoms with van der Waals surface area (Å²) in [4.78, 5) is 22.1. The standard InChI is InChI=1S/C15H16ClN7O/c1-2-22(14(24)5-7-21-11-18-10-19-21)13-9-23(20-15(13)16)12-4-3-6-17-8-12/h3-4,6,8-11H,2,5,7H2,1H3. The van der Waals surface area contributed by atoms with Gasteiger partial charge in [-0.25, -0.2) is 9.67 Å². The number of rotatable bonds is 6. The third kappa shape index (κ3) is 3.43. The fraction of sp³-hybridized carbons (Fsp3) is 0.267. The molecule has 0 saturated heterocycles. The SMILES string of the molecule is CCN(C(=O)CCn1cncn1)c1cn(-c2cccnc2)nc1Cl. The molecule has 1 amide bonds. The number of nitrogens with zero attached hydrogens (tertiary/aromatic N) is 7. The third-order valence-corrected chi connectivity index (χ3v) is 3.76. The summed E-state index contributed by atoms with van der Waals surface area (Å²) in [6, 6.07) is 3.67.